The minimum absolute atomic E-state index is 0.000511. The average molecular weight is 323 g/mol. The molecule has 0 spiro atoms. The van der Waals surface area contributed by atoms with E-state index in [9.17, 15) is 4.79 Å². The van der Waals surface area contributed by atoms with Crippen LogP contribution < -0.4 is 0 Å². The van der Waals surface area contributed by atoms with E-state index in [1.54, 1.807) is 24.4 Å². The largest absolute Gasteiger partial charge is 0.467 e. The Kier molecular flexibility index (Phi) is 4.51. The minimum Gasteiger partial charge on any atom is -0.467 e. The first-order valence-corrected chi connectivity index (χ1v) is 7.90. The minimum atomic E-state index is -0.000511. The maximum absolute atomic E-state index is 12.8. The van der Waals surface area contributed by atoms with E-state index in [0.29, 0.717) is 13.1 Å². The first kappa shape index (κ1) is 16.1. The van der Waals surface area contributed by atoms with Crippen molar-refractivity contribution in [2.24, 2.45) is 0 Å². The van der Waals surface area contributed by atoms with Crippen LogP contribution in [0, 0.1) is 13.8 Å². The Bertz CT molecular complexity index is 820. The topological polar surface area (TPSA) is 51.3 Å². The van der Waals surface area contributed by atoms with Crippen LogP contribution in [0.15, 0.2) is 53.3 Å². The fraction of sp³-hybridized carbons (Fsp3) is 0.263. The van der Waals surface area contributed by atoms with E-state index >= 15 is 0 Å². The molecule has 3 aromatic rings. The number of rotatable bonds is 5. The average Bonchev–Trinajstić information content (AvgIpc) is 3.19. The van der Waals surface area contributed by atoms with Crippen molar-refractivity contribution in [3.05, 3.63) is 77.3 Å². The van der Waals surface area contributed by atoms with E-state index < -0.39 is 0 Å². The van der Waals surface area contributed by atoms with Gasteiger partial charge in [-0.15, -0.1) is 0 Å². The molecule has 1 amide bonds. The van der Waals surface area contributed by atoms with Crippen LogP contribution >= 0.6 is 0 Å². The van der Waals surface area contributed by atoms with Gasteiger partial charge in [0.1, 0.15) is 5.76 Å². The van der Waals surface area contributed by atoms with Gasteiger partial charge in [0, 0.05) is 24.6 Å². The third kappa shape index (κ3) is 3.25. The number of carbonyl (C=O) groups excluding carboxylic acids is 1. The van der Waals surface area contributed by atoms with Crippen LogP contribution in [0.5, 0.6) is 0 Å². The summed E-state index contributed by atoms with van der Waals surface area (Å²) in [6.45, 7) is 5.09. The zero-order valence-electron chi connectivity index (χ0n) is 14.2. The number of aryl methyl sites for hydroxylation is 1. The maximum atomic E-state index is 12.8. The summed E-state index contributed by atoms with van der Waals surface area (Å²) in [5, 5.41) is 0. The summed E-state index contributed by atoms with van der Waals surface area (Å²) in [5.74, 6) is 0.872. The molecule has 5 heteroatoms. The number of hydrogen-bond donors (Lipinski definition) is 0. The van der Waals surface area contributed by atoms with Crippen LogP contribution in [0.3, 0.4) is 0 Å². The van der Waals surface area contributed by atoms with Crippen LogP contribution in [0.4, 0.5) is 0 Å². The summed E-state index contributed by atoms with van der Waals surface area (Å²) < 4.78 is 7.52. The molecule has 0 unspecified atom stereocenters. The van der Waals surface area contributed by atoms with Gasteiger partial charge in [-0.3, -0.25) is 9.78 Å². The highest BCUT2D eigenvalue weighted by Crippen LogP contribution is 2.19. The number of pyridine rings is 1. The molecule has 3 rings (SSSR count). The summed E-state index contributed by atoms with van der Waals surface area (Å²) in [6, 6.07) is 11.5. The lowest BCUT2D eigenvalue weighted by molar-refractivity contribution is 0.0782. The molecule has 0 atom stereocenters. The molecule has 0 fully saturated rings. The number of furan rings is 1. The van der Waals surface area contributed by atoms with Crippen molar-refractivity contribution in [2.75, 3.05) is 7.05 Å². The van der Waals surface area contributed by atoms with Crippen molar-refractivity contribution in [3.8, 4) is 0 Å². The number of aromatic nitrogens is 2. The van der Waals surface area contributed by atoms with E-state index in [-0.39, 0.29) is 5.91 Å². The van der Waals surface area contributed by atoms with Crippen molar-refractivity contribution in [1.82, 2.24) is 14.5 Å². The second-order valence-corrected chi connectivity index (χ2v) is 5.93. The predicted molar refractivity (Wildman–Crippen MR) is 91.8 cm³/mol. The molecule has 0 aromatic carbocycles. The fourth-order valence-electron chi connectivity index (χ4n) is 2.83. The van der Waals surface area contributed by atoms with Crippen LogP contribution in [0.25, 0.3) is 0 Å². The lowest BCUT2D eigenvalue weighted by Gasteiger charge is -2.17. The van der Waals surface area contributed by atoms with E-state index in [1.807, 2.05) is 50.2 Å². The molecule has 0 radical (unpaired) electrons. The molecule has 0 aliphatic rings. The second kappa shape index (κ2) is 6.74. The Balaban J connectivity index is 1.80. The molecular formula is C19H21N3O2. The molecule has 124 valence electrons. The maximum Gasteiger partial charge on any atom is 0.255 e. The molecule has 0 bridgehead atoms. The monoisotopic (exact) mass is 323 g/mol. The smallest absolute Gasteiger partial charge is 0.255 e. The standard InChI is InChI=1S/C19H21N3O2/c1-14-11-18(15(2)22(14)13-17-8-6-10-24-17)19(23)21(3)12-16-7-4-5-9-20-16/h4-11H,12-13H2,1-3H3. The number of carbonyl (C=O) groups is 1. The normalized spacial score (nSPS) is 10.8. The van der Waals surface area contributed by atoms with Crippen LogP contribution in [-0.4, -0.2) is 27.4 Å². The Hall–Kier alpha value is -2.82. The van der Waals surface area contributed by atoms with Crippen LogP contribution in [-0.2, 0) is 13.1 Å². The van der Waals surface area contributed by atoms with Crippen molar-refractivity contribution in [3.63, 3.8) is 0 Å². The van der Waals surface area contributed by atoms with Gasteiger partial charge in [-0.25, -0.2) is 0 Å². The highest BCUT2D eigenvalue weighted by Gasteiger charge is 2.19. The van der Waals surface area contributed by atoms with Gasteiger partial charge in [0.15, 0.2) is 0 Å². The van der Waals surface area contributed by atoms with Gasteiger partial charge in [-0.2, -0.15) is 0 Å². The molecule has 0 N–H and O–H groups in total. The lowest BCUT2D eigenvalue weighted by atomic mass is 10.2. The van der Waals surface area contributed by atoms with Crippen molar-refractivity contribution >= 4 is 5.91 Å². The predicted octanol–water partition coefficient (Wildman–Crippen LogP) is 3.41. The van der Waals surface area contributed by atoms with Crippen LogP contribution in [0.2, 0.25) is 0 Å². The first-order valence-electron chi connectivity index (χ1n) is 7.90. The molecule has 0 saturated heterocycles. The summed E-state index contributed by atoms with van der Waals surface area (Å²) in [4.78, 5) is 18.8. The van der Waals surface area contributed by atoms with Crippen LogP contribution in [0.1, 0.15) is 33.2 Å². The summed E-state index contributed by atoms with van der Waals surface area (Å²) in [6.07, 6.45) is 3.40. The Morgan fingerprint density at radius 3 is 2.75 bits per heavy atom. The SMILES string of the molecule is Cc1cc(C(=O)N(C)Cc2ccccn2)c(C)n1Cc1ccco1. The summed E-state index contributed by atoms with van der Waals surface area (Å²) >= 11 is 0. The molecule has 3 aromatic heterocycles. The second-order valence-electron chi connectivity index (χ2n) is 5.93. The van der Waals surface area contributed by atoms with E-state index in [1.165, 1.54) is 0 Å². The Labute approximate surface area is 141 Å². The van der Waals surface area contributed by atoms with Crippen molar-refractivity contribution in [2.45, 2.75) is 26.9 Å². The van der Waals surface area contributed by atoms with E-state index in [2.05, 4.69) is 9.55 Å². The Morgan fingerprint density at radius 2 is 2.08 bits per heavy atom. The third-order valence-corrected chi connectivity index (χ3v) is 4.17. The number of hydrogen-bond acceptors (Lipinski definition) is 3. The Morgan fingerprint density at radius 1 is 1.25 bits per heavy atom. The molecule has 5 nitrogen and oxygen atoms in total. The zero-order valence-corrected chi connectivity index (χ0v) is 14.2. The fourth-order valence-corrected chi connectivity index (χ4v) is 2.83. The lowest BCUT2D eigenvalue weighted by Crippen LogP contribution is -2.27. The molecule has 0 aliphatic heterocycles. The van der Waals surface area contributed by atoms with Gasteiger partial charge in [-0.1, -0.05) is 6.07 Å². The quantitative estimate of drug-likeness (QED) is 0.723. The first-order chi connectivity index (χ1) is 11.6. The summed E-state index contributed by atoms with van der Waals surface area (Å²) in [5.41, 5.74) is 3.58. The van der Waals surface area contributed by atoms with Crippen molar-refractivity contribution in [1.29, 1.82) is 0 Å². The van der Waals surface area contributed by atoms with Gasteiger partial charge >= 0.3 is 0 Å². The zero-order chi connectivity index (χ0) is 17.1. The highest BCUT2D eigenvalue weighted by molar-refractivity contribution is 5.95. The van der Waals surface area contributed by atoms with Gasteiger partial charge < -0.3 is 13.9 Å². The molecule has 24 heavy (non-hydrogen) atoms. The van der Waals surface area contributed by atoms with Gasteiger partial charge in [0.2, 0.25) is 0 Å². The molecule has 0 aliphatic carbocycles. The number of nitrogens with zero attached hydrogens (tertiary/aromatic N) is 3. The summed E-state index contributed by atoms with van der Waals surface area (Å²) in [7, 11) is 1.80. The molecule has 0 saturated carbocycles. The number of amides is 1. The van der Waals surface area contributed by atoms with Crippen molar-refractivity contribution < 1.29 is 9.21 Å². The molecular weight excluding hydrogens is 302 g/mol. The van der Waals surface area contributed by atoms with E-state index in [0.717, 1.165) is 28.4 Å². The van der Waals surface area contributed by atoms with Gasteiger partial charge in [-0.05, 0) is 44.2 Å². The van der Waals surface area contributed by atoms with E-state index in [4.69, 9.17) is 4.42 Å². The van der Waals surface area contributed by atoms with Gasteiger partial charge in [0.25, 0.3) is 5.91 Å². The highest BCUT2D eigenvalue weighted by atomic mass is 16.3. The van der Waals surface area contributed by atoms with Gasteiger partial charge in [0.05, 0.1) is 30.6 Å². The third-order valence-electron chi connectivity index (χ3n) is 4.17. The molecule has 3 heterocycles.